The lowest BCUT2D eigenvalue weighted by Gasteiger charge is -2.22. The number of anilines is 3. The molecule has 38 heavy (non-hydrogen) atoms. The van der Waals surface area contributed by atoms with Crippen molar-refractivity contribution in [1.82, 2.24) is 14.8 Å². The molecule has 0 atom stereocenters. The van der Waals surface area contributed by atoms with Crippen molar-refractivity contribution in [1.29, 1.82) is 0 Å². The first-order valence-corrected chi connectivity index (χ1v) is 13.7. The number of H-pyrrole nitrogens is 1. The highest BCUT2D eigenvalue weighted by molar-refractivity contribution is 7.14. The average Bonchev–Trinajstić information content (AvgIpc) is 3.33. The predicted octanol–water partition coefficient (Wildman–Crippen LogP) is 5.41. The SMILES string of the molecule is Cn1cc(-c2cccc(N3Cc4cc(C(C)(C)C)sc4C3=O)c2CO)cc(Nc2cc(C3CC3)[nH]n2)c1=O. The van der Waals surface area contributed by atoms with Crippen molar-refractivity contribution in [3.8, 4) is 11.1 Å². The van der Waals surface area contributed by atoms with Gasteiger partial charge in [-0.15, -0.1) is 11.3 Å². The van der Waals surface area contributed by atoms with E-state index in [0.717, 1.165) is 40.1 Å². The van der Waals surface area contributed by atoms with Crippen molar-refractivity contribution in [2.75, 3.05) is 10.2 Å². The van der Waals surface area contributed by atoms with E-state index in [1.807, 2.05) is 24.3 Å². The Morgan fingerprint density at radius 3 is 2.66 bits per heavy atom. The minimum absolute atomic E-state index is 0.0132. The van der Waals surface area contributed by atoms with Gasteiger partial charge in [0.1, 0.15) is 5.69 Å². The molecule has 0 radical (unpaired) electrons. The van der Waals surface area contributed by atoms with Gasteiger partial charge in [-0.1, -0.05) is 32.9 Å². The fourth-order valence-corrected chi connectivity index (χ4v) is 6.19. The van der Waals surface area contributed by atoms with Crippen LogP contribution in [0.2, 0.25) is 0 Å². The van der Waals surface area contributed by atoms with Crippen molar-refractivity contribution in [3.05, 3.63) is 79.5 Å². The van der Waals surface area contributed by atoms with Crippen molar-refractivity contribution in [2.45, 2.75) is 58.1 Å². The highest BCUT2D eigenvalue weighted by Gasteiger charge is 2.34. The maximum Gasteiger partial charge on any atom is 0.274 e. The maximum atomic E-state index is 13.5. The third-order valence-corrected chi connectivity index (χ3v) is 8.88. The standard InChI is InChI=1S/C29H31N5O3S/c1-29(2,3)24-11-18-14-34(28(37)26(18)38-24)23-7-5-6-19(20(23)15-35)17-10-22(27(36)33(4)13-17)30-25-12-21(31-32-25)16-8-9-16/h5-7,10-13,16,35H,8-9,14-15H2,1-4H3,(H2,30,31,32). The zero-order valence-electron chi connectivity index (χ0n) is 22.0. The molecule has 6 rings (SSSR count). The van der Waals surface area contributed by atoms with Crippen LogP contribution in [0.5, 0.6) is 0 Å². The largest absolute Gasteiger partial charge is 0.392 e. The van der Waals surface area contributed by atoms with E-state index in [1.54, 1.807) is 35.5 Å². The van der Waals surface area contributed by atoms with Crippen LogP contribution in [0, 0.1) is 0 Å². The Morgan fingerprint density at radius 2 is 1.97 bits per heavy atom. The second-order valence-electron chi connectivity index (χ2n) is 11.2. The van der Waals surface area contributed by atoms with Gasteiger partial charge in [-0.05, 0) is 47.6 Å². The molecule has 8 nitrogen and oxygen atoms in total. The third kappa shape index (κ3) is 4.25. The summed E-state index contributed by atoms with van der Waals surface area (Å²) in [6.07, 6.45) is 4.07. The van der Waals surface area contributed by atoms with E-state index in [1.165, 1.54) is 9.44 Å². The summed E-state index contributed by atoms with van der Waals surface area (Å²) < 4.78 is 1.52. The summed E-state index contributed by atoms with van der Waals surface area (Å²) >= 11 is 1.55. The average molecular weight is 530 g/mol. The molecule has 4 heterocycles. The quantitative estimate of drug-likeness (QED) is 0.310. The van der Waals surface area contributed by atoms with E-state index in [2.05, 4.69) is 42.4 Å². The van der Waals surface area contributed by atoms with Crippen LogP contribution in [-0.4, -0.2) is 25.8 Å². The van der Waals surface area contributed by atoms with E-state index < -0.39 is 0 Å². The van der Waals surface area contributed by atoms with Crippen LogP contribution in [-0.2, 0) is 25.6 Å². The first-order valence-electron chi connectivity index (χ1n) is 12.8. The second-order valence-corrected chi connectivity index (χ2v) is 12.3. The number of aryl methyl sites for hydroxylation is 1. The topological polar surface area (TPSA) is 103 Å². The number of fused-ring (bicyclic) bond motifs is 1. The minimum Gasteiger partial charge on any atom is -0.392 e. The Kier molecular flexibility index (Phi) is 5.81. The zero-order valence-corrected chi connectivity index (χ0v) is 22.8. The van der Waals surface area contributed by atoms with Gasteiger partial charge in [0.25, 0.3) is 11.5 Å². The van der Waals surface area contributed by atoms with E-state index in [4.69, 9.17) is 0 Å². The minimum atomic E-state index is -0.244. The summed E-state index contributed by atoms with van der Waals surface area (Å²) in [5, 5.41) is 21.0. The van der Waals surface area contributed by atoms with Gasteiger partial charge in [-0.3, -0.25) is 14.7 Å². The van der Waals surface area contributed by atoms with Crippen molar-refractivity contribution >= 4 is 34.4 Å². The van der Waals surface area contributed by atoms with Crippen molar-refractivity contribution in [2.24, 2.45) is 7.05 Å². The number of carbonyl (C=O) groups is 1. The molecule has 196 valence electrons. The van der Waals surface area contributed by atoms with Crippen LogP contribution in [0.4, 0.5) is 17.2 Å². The Bertz CT molecular complexity index is 1620. The van der Waals surface area contributed by atoms with E-state index in [-0.39, 0.29) is 23.5 Å². The molecule has 9 heteroatoms. The van der Waals surface area contributed by atoms with Gasteiger partial charge in [0.2, 0.25) is 0 Å². The highest BCUT2D eigenvalue weighted by Crippen LogP contribution is 2.42. The number of carbonyl (C=O) groups excluding carboxylic acids is 1. The third-order valence-electron chi connectivity index (χ3n) is 7.29. The Labute approximate surface area is 224 Å². The molecule has 0 spiro atoms. The summed E-state index contributed by atoms with van der Waals surface area (Å²) in [6, 6.07) is 11.5. The van der Waals surface area contributed by atoms with Crippen LogP contribution < -0.4 is 15.8 Å². The lowest BCUT2D eigenvalue weighted by atomic mass is 9.94. The van der Waals surface area contributed by atoms with Crippen LogP contribution in [0.15, 0.2) is 47.4 Å². The molecule has 3 aromatic heterocycles. The molecular weight excluding hydrogens is 498 g/mol. The van der Waals surface area contributed by atoms with Gasteiger partial charge in [-0.25, -0.2) is 0 Å². The lowest BCUT2D eigenvalue weighted by Crippen LogP contribution is -2.25. The van der Waals surface area contributed by atoms with Gasteiger partial charge in [0.15, 0.2) is 5.82 Å². The van der Waals surface area contributed by atoms with E-state index in [0.29, 0.717) is 35.2 Å². The number of nitrogens with one attached hydrogen (secondary N) is 2. The van der Waals surface area contributed by atoms with E-state index >= 15 is 0 Å². The Hall–Kier alpha value is -3.69. The molecule has 0 saturated heterocycles. The summed E-state index contributed by atoms with van der Waals surface area (Å²) in [7, 11) is 1.70. The molecule has 1 aliphatic carbocycles. The second kappa shape index (κ2) is 8.96. The normalized spacial score (nSPS) is 15.3. The predicted molar refractivity (Wildman–Crippen MR) is 150 cm³/mol. The fourth-order valence-electron chi connectivity index (χ4n) is 5.01. The van der Waals surface area contributed by atoms with Gasteiger partial charge in [0.05, 0.1) is 23.7 Å². The first-order chi connectivity index (χ1) is 18.1. The number of aromatic amines is 1. The van der Waals surface area contributed by atoms with Crippen molar-refractivity contribution in [3.63, 3.8) is 0 Å². The molecule has 4 aromatic rings. The molecule has 1 aromatic carbocycles. The summed E-state index contributed by atoms with van der Waals surface area (Å²) in [6.45, 7) is 6.68. The molecule has 1 saturated carbocycles. The van der Waals surface area contributed by atoms with Gasteiger partial charge < -0.3 is 19.9 Å². The lowest BCUT2D eigenvalue weighted by molar-refractivity contribution is 0.0999. The molecule has 3 N–H and O–H groups in total. The highest BCUT2D eigenvalue weighted by atomic mass is 32.1. The van der Waals surface area contributed by atoms with Gasteiger partial charge >= 0.3 is 0 Å². The molecule has 0 bridgehead atoms. The summed E-state index contributed by atoms with van der Waals surface area (Å²) in [5.41, 5.74) is 5.15. The monoisotopic (exact) mass is 529 g/mol. The maximum absolute atomic E-state index is 13.5. The number of nitrogens with zero attached hydrogens (tertiary/aromatic N) is 3. The molecular formula is C29H31N5O3S. The summed E-state index contributed by atoms with van der Waals surface area (Å²) in [4.78, 5) is 30.1. The molecule has 1 amide bonds. The number of hydrogen-bond acceptors (Lipinski definition) is 6. The number of aromatic nitrogens is 3. The zero-order chi connectivity index (χ0) is 26.8. The van der Waals surface area contributed by atoms with Crippen LogP contribution in [0.1, 0.15) is 70.9 Å². The molecule has 1 aliphatic heterocycles. The number of hydrogen-bond donors (Lipinski definition) is 3. The first kappa shape index (κ1) is 24.6. The number of aliphatic hydroxyl groups is 1. The van der Waals surface area contributed by atoms with Gasteiger partial charge in [0, 0.05) is 46.9 Å². The van der Waals surface area contributed by atoms with Crippen molar-refractivity contribution < 1.29 is 9.90 Å². The molecule has 2 aliphatic rings. The van der Waals surface area contributed by atoms with Crippen LogP contribution in [0.25, 0.3) is 11.1 Å². The number of rotatable bonds is 6. The Morgan fingerprint density at radius 1 is 1.18 bits per heavy atom. The van der Waals surface area contributed by atoms with Gasteiger partial charge in [-0.2, -0.15) is 5.10 Å². The number of benzene rings is 1. The number of thiophene rings is 1. The molecule has 1 fully saturated rings. The summed E-state index contributed by atoms with van der Waals surface area (Å²) in [5.74, 6) is 1.08. The Balaban J connectivity index is 1.35. The number of amides is 1. The smallest absolute Gasteiger partial charge is 0.274 e. The van der Waals surface area contributed by atoms with E-state index in [9.17, 15) is 14.7 Å². The number of aliphatic hydroxyl groups excluding tert-OH is 1. The fraction of sp³-hybridized carbons (Fsp3) is 0.345. The molecule has 0 unspecified atom stereocenters. The van der Waals surface area contributed by atoms with Crippen LogP contribution >= 0.6 is 11.3 Å². The van der Waals surface area contributed by atoms with Crippen LogP contribution in [0.3, 0.4) is 0 Å². The number of pyridine rings is 1.